The summed E-state index contributed by atoms with van der Waals surface area (Å²) in [5.74, 6) is 0. The van der Waals surface area contributed by atoms with Crippen LogP contribution >= 0.6 is 0 Å². The average Bonchev–Trinajstić information content (AvgIpc) is 3.11. The normalized spacial score (nSPS) is 39.1. The molecule has 2 unspecified atom stereocenters. The Balaban J connectivity index is 1.34. The lowest BCUT2D eigenvalue weighted by Gasteiger charge is -2.35. The number of hydrogen-bond acceptors (Lipinski definition) is 3. The fraction of sp³-hybridized carbons (Fsp3) is 1.00. The Kier molecular flexibility index (Phi) is 4.01. The van der Waals surface area contributed by atoms with Crippen LogP contribution in [0.25, 0.3) is 0 Å². The van der Waals surface area contributed by atoms with Gasteiger partial charge in [0, 0.05) is 24.6 Å². The lowest BCUT2D eigenvalue weighted by molar-refractivity contribution is -0.0773. The van der Waals surface area contributed by atoms with Crippen molar-refractivity contribution in [3.05, 3.63) is 0 Å². The van der Waals surface area contributed by atoms with Gasteiger partial charge in [0.25, 0.3) is 0 Å². The first-order valence-electron chi connectivity index (χ1n) is 9.27. The van der Waals surface area contributed by atoms with E-state index in [9.17, 15) is 0 Å². The zero-order chi connectivity index (χ0) is 14.2. The molecule has 2 aliphatic heterocycles. The highest BCUT2D eigenvalue weighted by molar-refractivity contribution is 4.96. The van der Waals surface area contributed by atoms with Crippen molar-refractivity contribution in [1.29, 1.82) is 0 Å². The molecule has 3 heteroatoms. The van der Waals surface area contributed by atoms with Crippen molar-refractivity contribution < 1.29 is 9.47 Å². The first-order chi connectivity index (χ1) is 10.3. The van der Waals surface area contributed by atoms with E-state index < -0.39 is 0 Å². The fourth-order valence-electron chi connectivity index (χ4n) is 4.76. The van der Waals surface area contributed by atoms with E-state index in [0.29, 0.717) is 11.5 Å². The molecule has 0 aromatic rings. The van der Waals surface area contributed by atoms with Crippen LogP contribution in [0.5, 0.6) is 0 Å². The monoisotopic (exact) mass is 293 g/mol. The largest absolute Gasteiger partial charge is 0.381 e. The summed E-state index contributed by atoms with van der Waals surface area (Å²) < 4.78 is 12.4. The van der Waals surface area contributed by atoms with Gasteiger partial charge in [0.05, 0.1) is 18.3 Å². The molecule has 2 saturated carbocycles. The van der Waals surface area contributed by atoms with Crippen LogP contribution in [0.15, 0.2) is 0 Å². The van der Waals surface area contributed by atoms with E-state index in [1.54, 1.807) is 0 Å². The van der Waals surface area contributed by atoms with Crippen LogP contribution in [0.3, 0.4) is 0 Å². The maximum atomic E-state index is 6.62. The first kappa shape index (κ1) is 14.5. The molecule has 120 valence electrons. The molecule has 0 amide bonds. The zero-order valence-corrected chi connectivity index (χ0v) is 13.4. The van der Waals surface area contributed by atoms with Gasteiger partial charge in [0.2, 0.25) is 0 Å². The lowest BCUT2D eigenvalue weighted by Crippen LogP contribution is -2.39. The van der Waals surface area contributed by atoms with Gasteiger partial charge in [-0.1, -0.05) is 19.3 Å². The molecule has 4 fully saturated rings. The Morgan fingerprint density at radius 3 is 2.52 bits per heavy atom. The summed E-state index contributed by atoms with van der Waals surface area (Å²) in [6.07, 6.45) is 15.1. The molecule has 4 aliphatic rings. The highest BCUT2D eigenvalue weighted by Gasteiger charge is 2.45. The van der Waals surface area contributed by atoms with Crippen LogP contribution in [-0.2, 0) is 9.47 Å². The van der Waals surface area contributed by atoms with Gasteiger partial charge in [-0.3, -0.25) is 0 Å². The highest BCUT2D eigenvalue weighted by Crippen LogP contribution is 2.46. The van der Waals surface area contributed by atoms with E-state index in [0.717, 1.165) is 25.8 Å². The summed E-state index contributed by atoms with van der Waals surface area (Å²) in [7, 11) is 0. The second-order valence-electron chi connectivity index (χ2n) is 8.18. The number of nitrogens with one attached hydrogen (secondary N) is 1. The van der Waals surface area contributed by atoms with Crippen LogP contribution in [-0.4, -0.2) is 37.5 Å². The topological polar surface area (TPSA) is 30.5 Å². The van der Waals surface area contributed by atoms with E-state index in [1.165, 1.54) is 70.6 Å². The molecular formula is C18H31NO2. The average molecular weight is 293 g/mol. The molecule has 21 heavy (non-hydrogen) atoms. The van der Waals surface area contributed by atoms with Crippen molar-refractivity contribution in [1.82, 2.24) is 5.32 Å². The summed E-state index contributed by atoms with van der Waals surface area (Å²) in [6.45, 7) is 3.04. The maximum Gasteiger partial charge on any atom is 0.0687 e. The van der Waals surface area contributed by atoms with Crippen molar-refractivity contribution >= 4 is 0 Å². The minimum absolute atomic E-state index is 0.271. The van der Waals surface area contributed by atoms with Crippen LogP contribution < -0.4 is 5.32 Å². The summed E-state index contributed by atoms with van der Waals surface area (Å²) >= 11 is 0. The molecule has 0 radical (unpaired) electrons. The Morgan fingerprint density at radius 2 is 1.81 bits per heavy atom. The van der Waals surface area contributed by atoms with E-state index in [-0.39, 0.29) is 5.60 Å². The number of rotatable bonds is 5. The Morgan fingerprint density at radius 1 is 0.952 bits per heavy atom. The SMILES string of the molecule is C1CCC2(CC1)CCC(CC1(CNC3CC3)CCOC1)O2. The second kappa shape index (κ2) is 5.82. The van der Waals surface area contributed by atoms with Crippen molar-refractivity contribution in [2.45, 2.75) is 88.4 Å². The molecule has 2 atom stereocenters. The van der Waals surface area contributed by atoms with Crippen molar-refractivity contribution in [2.75, 3.05) is 19.8 Å². The van der Waals surface area contributed by atoms with Gasteiger partial charge in [-0.25, -0.2) is 0 Å². The van der Waals surface area contributed by atoms with Crippen molar-refractivity contribution in [3.63, 3.8) is 0 Å². The van der Waals surface area contributed by atoms with Gasteiger partial charge in [0.15, 0.2) is 0 Å². The van der Waals surface area contributed by atoms with E-state index in [2.05, 4.69) is 5.32 Å². The molecule has 3 nitrogen and oxygen atoms in total. The van der Waals surface area contributed by atoms with E-state index in [1.807, 2.05) is 0 Å². The van der Waals surface area contributed by atoms with Crippen molar-refractivity contribution in [2.24, 2.45) is 5.41 Å². The summed E-state index contributed by atoms with van der Waals surface area (Å²) in [5, 5.41) is 3.75. The van der Waals surface area contributed by atoms with E-state index in [4.69, 9.17) is 9.47 Å². The van der Waals surface area contributed by atoms with Crippen molar-refractivity contribution in [3.8, 4) is 0 Å². The highest BCUT2D eigenvalue weighted by atomic mass is 16.5. The van der Waals surface area contributed by atoms with Crippen LogP contribution in [0.2, 0.25) is 0 Å². The van der Waals surface area contributed by atoms with Crippen LogP contribution in [0.1, 0.15) is 70.6 Å². The first-order valence-corrected chi connectivity index (χ1v) is 9.27. The summed E-state index contributed by atoms with van der Waals surface area (Å²) in [6, 6.07) is 0.802. The van der Waals surface area contributed by atoms with Crippen LogP contribution in [0, 0.1) is 5.41 Å². The minimum atomic E-state index is 0.271. The Labute approximate surface area is 129 Å². The van der Waals surface area contributed by atoms with E-state index >= 15 is 0 Å². The molecule has 0 aromatic carbocycles. The predicted octanol–water partition coefficient (Wildman–Crippen LogP) is 3.42. The third kappa shape index (κ3) is 3.30. The minimum Gasteiger partial charge on any atom is -0.381 e. The quantitative estimate of drug-likeness (QED) is 0.842. The summed E-state index contributed by atoms with van der Waals surface area (Å²) in [4.78, 5) is 0. The smallest absolute Gasteiger partial charge is 0.0687 e. The zero-order valence-electron chi connectivity index (χ0n) is 13.4. The van der Waals surface area contributed by atoms with Gasteiger partial charge >= 0.3 is 0 Å². The molecule has 2 heterocycles. The van der Waals surface area contributed by atoms with Crippen LogP contribution in [0.4, 0.5) is 0 Å². The molecular weight excluding hydrogens is 262 g/mol. The molecule has 0 aromatic heterocycles. The Bertz CT molecular complexity index is 354. The second-order valence-corrected chi connectivity index (χ2v) is 8.18. The van der Waals surface area contributed by atoms with Gasteiger partial charge in [-0.05, 0) is 51.4 Å². The Hall–Kier alpha value is -0.120. The lowest BCUT2D eigenvalue weighted by atomic mass is 9.80. The number of hydrogen-bond donors (Lipinski definition) is 1. The van der Waals surface area contributed by atoms with Gasteiger partial charge in [0.1, 0.15) is 0 Å². The van der Waals surface area contributed by atoms with Gasteiger partial charge < -0.3 is 14.8 Å². The summed E-state index contributed by atoms with van der Waals surface area (Å²) in [5.41, 5.74) is 0.626. The third-order valence-electron chi connectivity index (χ3n) is 6.29. The molecule has 1 N–H and O–H groups in total. The third-order valence-corrected chi connectivity index (χ3v) is 6.29. The van der Waals surface area contributed by atoms with Gasteiger partial charge in [-0.15, -0.1) is 0 Å². The molecule has 1 spiro atoms. The van der Waals surface area contributed by atoms with Gasteiger partial charge in [-0.2, -0.15) is 0 Å². The maximum absolute atomic E-state index is 6.62. The molecule has 0 bridgehead atoms. The molecule has 2 aliphatic carbocycles. The molecule has 2 saturated heterocycles. The predicted molar refractivity (Wildman–Crippen MR) is 83.4 cm³/mol. The standard InChI is InChI=1S/C18H31NO2/c1-2-7-18(8-3-1)9-6-16(21-18)12-17(10-11-20-14-17)13-19-15-4-5-15/h15-16,19H,1-14H2. The molecule has 4 rings (SSSR count). The number of ether oxygens (including phenoxy) is 2. The fourth-order valence-corrected chi connectivity index (χ4v) is 4.76.